The third-order valence-corrected chi connectivity index (χ3v) is 3.69. The van der Waals surface area contributed by atoms with Crippen molar-refractivity contribution in [2.75, 3.05) is 13.1 Å². The number of amides is 1. The number of hydrogen-bond acceptors (Lipinski definition) is 2. The quantitative estimate of drug-likeness (QED) is 0.756. The van der Waals surface area contributed by atoms with Crippen LogP contribution in [0.15, 0.2) is 18.3 Å². The van der Waals surface area contributed by atoms with Crippen LogP contribution in [0.5, 0.6) is 0 Å². The molecule has 0 radical (unpaired) electrons. The zero-order valence-electron chi connectivity index (χ0n) is 10.7. The molecule has 1 aromatic heterocycles. The molecule has 98 valence electrons. The molecule has 1 saturated heterocycles. The van der Waals surface area contributed by atoms with Gasteiger partial charge >= 0.3 is 0 Å². The summed E-state index contributed by atoms with van der Waals surface area (Å²) < 4.78 is 12.7. The molecule has 18 heavy (non-hydrogen) atoms. The average molecular weight is 250 g/mol. The highest BCUT2D eigenvalue weighted by Gasteiger charge is 2.20. The van der Waals surface area contributed by atoms with Gasteiger partial charge in [0.1, 0.15) is 0 Å². The first-order valence-corrected chi connectivity index (χ1v) is 6.61. The number of likely N-dealkylation sites (tertiary alicyclic amines) is 1. The van der Waals surface area contributed by atoms with Gasteiger partial charge in [-0.1, -0.05) is 13.3 Å². The summed E-state index contributed by atoms with van der Waals surface area (Å²) in [5.74, 6) is 0.154. The smallest absolute Gasteiger partial charge is 0.255 e. The molecule has 0 spiro atoms. The molecule has 1 atom stereocenters. The van der Waals surface area contributed by atoms with Crippen molar-refractivity contribution in [3.63, 3.8) is 0 Å². The molecule has 1 unspecified atom stereocenters. The molecular weight excluding hydrogens is 231 g/mol. The van der Waals surface area contributed by atoms with Crippen LogP contribution in [-0.2, 0) is 0 Å². The van der Waals surface area contributed by atoms with Gasteiger partial charge in [-0.25, -0.2) is 4.98 Å². The molecule has 1 aliphatic heterocycles. The third kappa shape index (κ3) is 3.06. The first-order chi connectivity index (χ1) is 8.70. The zero-order valence-corrected chi connectivity index (χ0v) is 10.7. The highest BCUT2D eigenvalue weighted by Crippen LogP contribution is 2.21. The van der Waals surface area contributed by atoms with Crippen molar-refractivity contribution in [1.29, 1.82) is 0 Å². The van der Waals surface area contributed by atoms with E-state index in [1.54, 1.807) is 0 Å². The molecule has 2 heterocycles. The first kappa shape index (κ1) is 13.0. The van der Waals surface area contributed by atoms with E-state index in [9.17, 15) is 9.18 Å². The molecule has 0 aromatic carbocycles. The molecule has 0 N–H and O–H groups in total. The number of aromatic nitrogens is 1. The van der Waals surface area contributed by atoms with Crippen molar-refractivity contribution < 1.29 is 9.18 Å². The van der Waals surface area contributed by atoms with E-state index in [0.29, 0.717) is 5.56 Å². The molecule has 0 aliphatic carbocycles. The maximum Gasteiger partial charge on any atom is 0.255 e. The van der Waals surface area contributed by atoms with Crippen LogP contribution in [-0.4, -0.2) is 28.9 Å². The molecule has 3 nitrogen and oxygen atoms in total. The van der Waals surface area contributed by atoms with Crippen LogP contribution in [0.4, 0.5) is 4.39 Å². The standard InChI is InChI=1S/C14H19FN2O/c1-2-11-4-3-8-17(9-7-11)14(18)12-5-6-13(15)16-10-12/h5-6,10-11H,2-4,7-9H2,1H3. The summed E-state index contributed by atoms with van der Waals surface area (Å²) in [5, 5.41) is 0. The van der Waals surface area contributed by atoms with Crippen LogP contribution in [0, 0.1) is 11.9 Å². The second-order valence-electron chi connectivity index (χ2n) is 4.87. The van der Waals surface area contributed by atoms with Crippen molar-refractivity contribution in [2.24, 2.45) is 5.92 Å². The van der Waals surface area contributed by atoms with Gasteiger partial charge in [-0.05, 0) is 37.3 Å². The minimum absolute atomic E-state index is 0.0285. The minimum atomic E-state index is -0.548. The van der Waals surface area contributed by atoms with Gasteiger partial charge in [0.2, 0.25) is 5.95 Å². The highest BCUT2D eigenvalue weighted by atomic mass is 19.1. The highest BCUT2D eigenvalue weighted by molar-refractivity contribution is 5.93. The van der Waals surface area contributed by atoms with E-state index >= 15 is 0 Å². The topological polar surface area (TPSA) is 33.2 Å². The van der Waals surface area contributed by atoms with Gasteiger partial charge in [0, 0.05) is 19.3 Å². The largest absolute Gasteiger partial charge is 0.339 e. The summed E-state index contributed by atoms with van der Waals surface area (Å²) in [6.45, 7) is 3.80. The fraction of sp³-hybridized carbons (Fsp3) is 0.571. The van der Waals surface area contributed by atoms with Crippen molar-refractivity contribution >= 4 is 5.91 Å². The van der Waals surface area contributed by atoms with Crippen LogP contribution in [0.25, 0.3) is 0 Å². The summed E-state index contributed by atoms with van der Waals surface area (Å²) >= 11 is 0. The van der Waals surface area contributed by atoms with Gasteiger partial charge in [0.15, 0.2) is 0 Å². The van der Waals surface area contributed by atoms with Gasteiger partial charge in [-0.2, -0.15) is 4.39 Å². The third-order valence-electron chi connectivity index (χ3n) is 3.69. The Hall–Kier alpha value is -1.45. The normalized spacial score (nSPS) is 20.6. The summed E-state index contributed by atoms with van der Waals surface area (Å²) in [4.78, 5) is 17.6. The van der Waals surface area contributed by atoms with E-state index in [-0.39, 0.29) is 5.91 Å². The fourth-order valence-electron chi connectivity index (χ4n) is 2.46. The van der Waals surface area contributed by atoms with Crippen LogP contribution >= 0.6 is 0 Å². The lowest BCUT2D eigenvalue weighted by atomic mass is 9.98. The van der Waals surface area contributed by atoms with Gasteiger partial charge < -0.3 is 4.90 Å². The maximum absolute atomic E-state index is 12.7. The van der Waals surface area contributed by atoms with Crippen molar-refractivity contribution in [3.8, 4) is 0 Å². The van der Waals surface area contributed by atoms with Gasteiger partial charge in [0.25, 0.3) is 5.91 Å². The minimum Gasteiger partial charge on any atom is -0.339 e. The molecule has 1 fully saturated rings. The number of halogens is 1. The molecule has 0 saturated carbocycles. The Labute approximate surface area is 107 Å². The SMILES string of the molecule is CCC1CCCN(C(=O)c2ccc(F)nc2)CC1. The van der Waals surface area contributed by atoms with E-state index in [4.69, 9.17) is 0 Å². The molecule has 2 rings (SSSR count). The second-order valence-corrected chi connectivity index (χ2v) is 4.87. The van der Waals surface area contributed by atoms with Crippen molar-refractivity contribution in [1.82, 2.24) is 9.88 Å². The Kier molecular flexibility index (Phi) is 4.28. The number of hydrogen-bond donors (Lipinski definition) is 0. The van der Waals surface area contributed by atoms with E-state index in [1.807, 2.05) is 4.90 Å². The van der Waals surface area contributed by atoms with Crippen LogP contribution < -0.4 is 0 Å². The zero-order chi connectivity index (χ0) is 13.0. The second kappa shape index (κ2) is 5.94. The van der Waals surface area contributed by atoms with Crippen LogP contribution in [0.2, 0.25) is 0 Å². The van der Waals surface area contributed by atoms with Gasteiger partial charge in [0.05, 0.1) is 5.56 Å². The van der Waals surface area contributed by atoms with Crippen LogP contribution in [0.3, 0.4) is 0 Å². The number of rotatable bonds is 2. The Balaban J connectivity index is 2.02. The Morgan fingerprint density at radius 2 is 2.28 bits per heavy atom. The molecule has 1 amide bonds. The maximum atomic E-state index is 12.7. The fourth-order valence-corrected chi connectivity index (χ4v) is 2.46. The summed E-state index contributed by atoms with van der Waals surface area (Å²) in [5.41, 5.74) is 0.478. The lowest BCUT2D eigenvalue weighted by Gasteiger charge is -2.20. The Morgan fingerprint density at radius 3 is 2.94 bits per heavy atom. The number of carbonyl (C=O) groups is 1. The number of carbonyl (C=O) groups excluding carboxylic acids is 1. The predicted octanol–water partition coefficient (Wildman–Crippen LogP) is 2.87. The first-order valence-electron chi connectivity index (χ1n) is 6.61. The van der Waals surface area contributed by atoms with Gasteiger partial charge in [-0.3, -0.25) is 4.79 Å². The van der Waals surface area contributed by atoms with Gasteiger partial charge in [-0.15, -0.1) is 0 Å². The van der Waals surface area contributed by atoms with E-state index < -0.39 is 5.95 Å². The lowest BCUT2D eigenvalue weighted by Crippen LogP contribution is -2.32. The number of pyridine rings is 1. The van der Waals surface area contributed by atoms with E-state index in [1.165, 1.54) is 31.2 Å². The summed E-state index contributed by atoms with van der Waals surface area (Å²) in [7, 11) is 0. The Bertz CT molecular complexity index is 405. The van der Waals surface area contributed by atoms with Crippen molar-refractivity contribution in [2.45, 2.75) is 32.6 Å². The predicted molar refractivity (Wildman–Crippen MR) is 67.7 cm³/mol. The molecule has 1 aromatic rings. The van der Waals surface area contributed by atoms with Crippen LogP contribution in [0.1, 0.15) is 43.0 Å². The van der Waals surface area contributed by atoms with E-state index in [0.717, 1.165) is 31.8 Å². The average Bonchev–Trinajstić information content (AvgIpc) is 2.64. The van der Waals surface area contributed by atoms with Crippen molar-refractivity contribution in [3.05, 3.63) is 29.8 Å². The molecule has 4 heteroatoms. The molecule has 0 bridgehead atoms. The Morgan fingerprint density at radius 1 is 1.44 bits per heavy atom. The van der Waals surface area contributed by atoms with E-state index in [2.05, 4.69) is 11.9 Å². The monoisotopic (exact) mass is 250 g/mol. The summed E-state index contributed by atoms with van der Waals surface area (Å²) in [6, 6.07) is 2.74. The summed E-state index contributed by atoms with van der Waals surface area (Å²) in [6.07, 6.45) is 5.82. The molecular formula is C14H19FN2O. The molecule has 1 aliphatic rings. The lowest BCUT2D eigenvalue weighted by molar-refractivity contribution is 0.0759. The number of nitrogens with zero attached hydrogens (tertiary/aromatic N) is 2.